The maximum absolute atomic E-state index is 12.4. The minimum Gasteiger partial charge on any atom is -0.378 e. The number of benzene rings is 2. The number of quaternary nitrogens is 1. The van der Waals surface area contributed by atoms with E-state index < -0.39 is 0 Å². The highest BCUT2D eigenvalue weighted by Crippen LogP contribution is 2.19. The molecule has 0 aliphatic carbocycles. The standard InChI is InChI=1S/C23H27N3O2/c27-23(18-25-12-10-20(11-13-25)19-4-2-1-3-5-19)24-21-6-8-22(9-7-21)26-14-16-28-17-15-26/h1-10H,11-18H2,(H,24,27)/p+1. The summed E-state index contributed by atoms with van der Waals surface area (Å²) in [5, 5.41) is 3.04. The van der Waals surface area contributed by atoms with Crippen molar-refractivity contribution in [3.05, 3.63) is 66.2 Å². The van der Waals surface area contributed by atoms with E-state index in [9.17, 15) is 4.79 Å². The fraction of sp³-hybridized carbons (Fsp3) is 0.348. The topological polar surface area (TPSA) is 46.0 Å². The second-order valence-electron chi connectivity index (χ2n) is 7.42. The van der Waals surface area contributed by atoms with E-state index in [1.807, 2.05) is 18.2 Å². The summed E-state index contributed by atoms with van der Waals surface area (Å²) in [6, 6.07) is 18.6. The second kappa shape index (κ2) is 9.04. The van der Waals surface area contributed by atoms with Gasteiger partial charge in [-0.05, 0) is 41.5 Å². The highest BCUT2D eigenvalue weighted by molar-refractivity contribution is 5.91. The molecule has 1 fully saturated rings. The summed E-state index contributed by atoms with van der Waals surface area (Å²) in [5.74, 6) is 0.0747. The Hall–Kier alpha value is -2.63. The minimum absolute atomic E-state index is 0.0747. The summed E-state index contributed by atoms with van der Waals surface area (Å²) in [4.78, 5) is 16.1. The molecule has 2 aliphatic heterocycles. The Kier molecular flexibility index (Phi) is 6.04. The molecule has 4 rings (SSSR count). The Morgan fingerprint density at radius 3 is 2.46 bits per heavy atom. The van der Waals surface area contributed by atoms with E-state index in [4.69, 9.17) is 4.74 Å². The van der Waals surface area contributed by atoms with Crippen LogP contribution < -0.4 is 15.1 Å². The molecule has 0 aromatic heterocycles. The highest BCUT2D eigenvalue weighted by Gasteiger charge is 2.19. The van der Waals surface area contributed by atoms with Gasteiger partial charge in [0, 0.05) is 30.9 Å². The van der Waals surface area contributed by atoms with Crippen molar-refractivity contribution in [1.29, 1.82) is 0 Å². The third-order valence-corrected chi connectivity index (χ3v) is 5.47. The zero-order valence-corrected chi connectivity index (χ0v) is 16.2. The molecule has 1 amide bonds. The fourth-order valence-corrected chi connectivity index (χ4v) is 3.87. The van der Waals surface area contributed by atoms with E-state index in [1.165, 1.54) is 21.7 Å². The first-order valence-corrected chi connectivity index (χ1v) is 10.1. The average Bonchev–Trinajstić information content (AvgIpc) is 2.76. The number of ether oxygens (including phenoxy) is 1. The summed E-state index contributed by atoms with van der Waals surface area (Å²) >= 11 is 0. The van der Waals surface area contributed by atoms with Crippen molar-refractivity contribution in [3.63, 3.8) is 0 Å². The molecule has 1 saturated heterocycles. The molecular formula is C23H28N3O2+. The van der Waals surface area contributed by atoms with Gasteiger partial charge in [0.2, 0.25) is 0 Å². The predicted molar refractivity (Wildman–Crippen MR) is 113 cm³/mol. The number of nitrogens with one attached hydrogen (secondary N) is 2. The monoisotopic (exact) mass is 378 g/mol. The largest absolute Gasteiger partial charge is 0.378 e. The van der Waals surface area contributed by atoms with Gasteiger partial charge in [-0.2, -0.15) is 0 Å². The Morgan fingerprint density at radius 2 is 1.79 bits per heavy atom. The van der Waals surface area contributed by atoms with Crippen LogP contribution in [0.1, 0.15) is 12.0 Å². The molecule has 2 aliphatic rings. The molecule has 0 bridgehead atoms. The maximum atomic E-state index is 12.4. The summed E-state index contributed by atoms with van der Waals surface area (Å²) in [6.45, 7) is 5.78. The van der Waals surface area contributed by atoms with E-state index in [1.54, 1.807) is 0 Å². The van der Waals surface area contributed by atoms with Gasteiger partial charge in [-0.1, -0.05) is 30.3 Å². The van der Waals surface area contributed by atoms with Crippen LogP contribution >= 0.6 is 0 Å². The molecule has 5 heteroatoms. The van der Waals surface area contributed by atoms with Crippen LogP contribution in [-0.2, 0) is 9.53 Å². The van der Waals surface area contributed by atoms with Gasteiger partial charge in [0.1, 0.15) is 0 Å². The smallest absolute Gasteiger partial charge is 0.279 e. The summed E-state index contributed by atoms with van der Waals surface area (Å²) < 4.78 is 5.40. The maximum Gasteiger partial charge on any atom is 0.279 e. The van der Waals surface area contributed by atoms with Crippen LogP contribution in [0.25, 0.3) is 5.57 Å². The Morgan fingerprint density at radius 1 is 1.04 bits per heavy atom. The van der Waals surface area contributed by atoms with E-state index >= 15 is 0 Å². The van der Waals surface area contributed by atoms with Crippen molar-refractivity contribution >= 4 is 22.9 Å². The van der Waals surface area contributed by atoms with Crippen LogP contribution in [-0.4, -0.2) is 51.8 Å². The fourth-order valence-electron chi connectivity index (χ4n) is 3.87. The molecule has 146 valence electrons. The van der Waals surface area contributed by atoms with Gasteiger partial charge in [-0.3, -0.25) is 4.79 Å². The van der Waals surface area contributed by atoms with Crippen LogP contribution in [0.2, 0.25) is 0 Å². The summed E-state index contributed by atoms with van der Waals surface area (Å²) in [5.41, 5.74) is 4.73. The van der Waals surface area contributed by atoms with Crippen molar-refractivity contribution in [2.75, 3.05) is 56.2 Å². The van der Waals surface area contributed by atoms with E-state index in [2.05, 4.69) is 52.7 Å². The lowest BCUT2D eigenvalue weighted by Crippen LogP contribution is -3.13. The lowest BCUT2D eigenvalue weighted by molar-refractivity contribution is -0.886. The zero-order chi connectivity index (χ0) is 19.2. The molecule has 2 aromatic rings. The molecule has 2 N–H and O–H groups in total. The van der Waals surface area contributed by atoms with Crippen molar-refractivity contribution in [2.45, 2.75) is 6.42 Å². The molecule has 2 heterocycles. The highest BCUT2D eigenvalue weighted by atomic mass is 16.5. The quantitative estimate of drug-likeness (QED) is 0.835. The van der Waals surface area contributed by atoms with Crippen LogP contribution in [0.15, 0.2) is 60.7 Å². The number of anilines is 2. The number of carbonyl (C=O) groups is 1. The normalized spacial score (nSPS) is 19.8. The number of nitrogens with zero attached hydrogens (tertiary/aromatic N) is 1. The molecule has 0 spiro atoms. The molecule has 0 saturated carbocycles. The van der Waals surface area contributed by atoms with Gasteiger partial charge < -0.3 is 19.9 Å². The SMILES string of the molecule is O=C(C[NH+]1CC=C(c2ccccc2)CC1)Nc1ccc(N2CCOCC2)cc1. The van der Waals surface area contributed by atoms with Crippen LogP contribution in [0.4, 0.5) is 11.4 Å². The van der Waals surface area contributed by atoms with Gasteiger partial charge in [0.15, 0.2) is 6.54 Å². The van der Waals surface area contributed by atoms with E-state index in [0.29, 0.717) is 6.54 Å². The Balaban J connectivity index is 1.27. The van der Waals surface area contributed by atoms with Gasteiger partial charge >= 0.3 is 0 Å². The van der Waals surface area contributed by atoms with Crippen molar-refractivity contribution < 1.29 is 14.4 Å². The van der Waals surface area contributed by atoms with Gasteiger partial charge in [-0.25, -0.2) is 0 Å². The van der Waals surface area contributed by atoms with E-state index in [0.717, 1.165) is 51.5 Å². The van der Waals surface area contributed by atoms with E-state index in [-0.39, 0.29) is 5.91 Å². The number of amides is 1. The summed E-state index contributed by atoms with van der Waals surface area (Å²) in [7, 11) is 0. The average molecular weight is 378 g/mol. The number of hydrogen-bond acceptors (Lipinski definition) is 3. The number of hydrogen-bond donors (Lipinski definition) is 2. The third-order valence-electron chi connectivity index (χ3n) is 5.47. The first-order valence-electron chi connectivity index (χ1n) is 10.1. The molecule has 1 unspecified atom stereocenters. The second-order valence-corrected chi connectivity index (χ2v) is 7.42. The van der Waals surface area contributed by atoms with Crippen LogP contribution in [0.3, 0.4) is 0 Å². The van der Waals surface area contributed by atoms with Crippen LogP contribution in [0, 0.1) is 0 Å². The zero-order valence-electron chi connectivity index (χ0n) is 16.2. The molecule has 1 atom stereocenters. The minimum atomic E-state index is 0.0747. The van der Waals surface area contributed by atoms with Gasteiger partial charge in [0.25, 0.3) is 5.91 Å². The summed E-state index contributed by atoms with van der Waals surface area (Å²) in [6.07, 6.45) is 3.29. The Bertz CT molecular complexity index is 812. The molecule has 5 nitrogen and oxygen atoms in total. The third kappa shape index (κ3) is 4.80. The van der Waals surface area contributed by atoms with Gasteiger partial charge in [0.05, 0.1) is 26.3 Å². The first-order chi connectivity index (χ1) is 13.8. The predicted octanol–water partition coefficient (Wildman–Crippen LogP) is 1.83. The van der Waals surface area contributed by atoms with Crippen molar-refractivity contribution in [1.82, 2.24) is 0 Å². The Labute approximate surface area is 166 Å². The number of rotatable bonds is 5. The lowest BCUT2D eigenvalue weighted by Gasteiger charge is -2.29. The number of morpholine rings is 1. The molecule has 2 aromatic carbocycles. The molecular weight excluding hydrogens is 350 g/mol. The molecule has 0 radical (unpaired) electrons. The number of carbonyl (C=O) groups excluding carboxylic acids is 1. The lowest BCUT2D eigenvalue weighted by atomic mass is 10.00. The van der Waals surface area contributed by atoms with Crippen molar-refractivity contribution in [3.8, 4) is 0 Å². The van der Waals surface area contributed by atoms with Gasteiger partial charge in [-0.15, -0.1) is 0 Å². The molecule has 28 heavy (non-hydrogen) atoms. The first kappa shape index (κ1) is 18.7. The van der Waals surface area contributed by atoms with Crippen molar-refractivity contribution in [2.24, 2.45) is 0 Å². The van der Waals surface area contributed by atoms with Crippen LogP contribution in [0.5, 0.6) is 0 Å².